The zero-order valence-electron chi connectivity index (χ0n) is 12.0. The van der Waals surface area contributed by atoms with E-state index in [9.17, 15) is 14.9 Å². The molecule has 1 aromatic rings. The van der Waals surface area contributed by atoms with Gasteiger partial charge in [0.25, 0.3) is 11.6 Å². The van der Waals surface area contributed by atoms with Crippen LogP contribution in [-0.4, -0.2) is 16.9 Å². The van der Waals surface area contributed by atoms with E-state index in [2.05, 4.69) is 12.2 Å². The number of nitro benzene ring substituents is 1. The van der Waals surface area contributed by atoms with Gasteiger partial charge in [-0.2, -0.15) is 0 Å². The molecule has 0 radical (unpaired) electrons. The number of hydrogen-bond donors (Lipinski definition) is 1. The first-order valence-electron chi connectivity index (χ1n) is 7.26. The molecule has 1 N–H and O–H groups in total. The zero-order chi connectivity index (χ0) is 15.4. The summed E-state index contributed by atoms with van der Waals surface area (Å²) < 4.78 is 0. The summed E-state index contributed by atoms with van der Waals surface area (Å²) >= 11 is 5.84. The predicted molar refractivity (Wildman–Crippen MR) is 81.6 cm³/mol. The van der Waals surface area contributed by atoms with Crippen LogP contribution >= 0.6 is 11.6 Å². The highest BCUT2D eigenvalue weighted by molar-refractivity contribution is 6.33. The summed E-state index contributed by atoms with van der Waals surface area (Å²) in [5, 5.41) is 13.7. The van der Waals surface area contributed by atoms with Crippen LogP contribution in [0.2, 0.25) is 5.02 Å². The first kappa shape index (κ1) is 15.8. The number of hydrogen-bond acceptors (Lipinski definition) is 3. The molecule has 1 saturated carbocycles. The summed E-state index contributed by atoms with van der Waals surface area (Å²) in [5.41, 5.74) is 0.182. The van der Waals surface area contributed by atoms with Crippen LogP contribution in [0, 0.1) is 16.0 Å². The molecule has 1 amide bonds. The molecule has 0 bridgehead atoms. The normalized spacial score (nSPS) is 21.8. The van der Waals surface area contributed by atoms with Crippen LogP contribution in [0.3, 0.4) is 0 Å². The number of carbonyl (C=O) groups excluding carboxylic acids is 1. The van der Waals surface area contributed by atoms with E-state index >= 15 is 0 Å². The number of carbonyl (C=O) groups is 1. The summed E-state index contributed by atoms with van der Waals surface area (Å²) in [6.07, 6.45) is 5.48. The van der Waals surface area contributed by atoms with Crippen LogP contribution in [-0.2, 0) is 0 Å². The number of halogens is 1. The highest BCUT2D eigenvalue weighted by atomic mass is 35.5. The van der Waals surface area contributed by atoms with E-state index in [1.54, 1.807) is 0 Å². The molecular weight excluding hydrogens is 292 g/mol. The molecule has 6 heteroatoms. The molecule has 0 aromatic heterocycles. The van der Waals surface area contributed by atoms with Gasteiger partial charge in [0.05, 0.1) is 4.92 Å². The lowest BCUT2D eigenvalue weighted by atomic mass is 9.84. The molecule has 5 nitrogen and oxygen atoms in total. The lowest BCUT2D eigenvalue weighted by Gasteiger charge is -2.29. The number of amides is 1. The summed E-state index contributed by atoms with van der Waals surface area (Å²) in [5.74, 6) is 0.457. The zero-order valence-corrected chi connectivity index (χ0v) is 12.7. The molecule has 0 aliphatic heterocycles. The van der Waals surface area contributed by atoms with Crippen LogP contribution in [0.15, 0.2) is 18.2 Å². The van der Waals surface area contributed by atoms with E-state index in [0.717, 1.165) is 25.7 Å². The summed E-state index contributed by atoms with van der Waals surface area (Å²) in [6.45, 7) is 2.17. The average molecular weight is 311 g/mol. The Hall–Kier alpha value is -1.62. The van der Waals surface area contributed by atoms with Crippen LogP contribution in [0.1, 0.15) is 49.4 Å². The van der Waals surface area contributed by atoms with Gasteiger partial charge in [-0.15, -0.1) is 0 Å². The molecule has 21 heavy (non-hydrogen) atoms. The Morgan fingerprint density at radius 1 is 1.48 bits per heavy atom. The molecule has 2 unspecified atom stereocenters. The Bertz CT molecular complexity index is 548. The van der Waals surface area contributed by atoms with Crippen LogP contribution < -0.4 is 5.32 Å². The monoisotopic (exact) mass is 310 g/mol. The van der Waals surface area contributed by atoms with Crippen molar-refractivity contribution in [1.29, 1.82) is 0 Å². The van der Waals surface area contributed by atoms with Crippen LogP contribution in [0.4, 0.5) is 5.69 Å². The first-order chi connectivity index (χ1) is 10.0. The summed E-state index contributed by atoms with van der Waals surface area (Å²) in [7, 11) is 0. The molecule has 2 atom stereocenters. The molecule has 1 aliphatic rings. The van der Waals surface area contributed by atoms with Gasteiger partial charge in [-0.3, -0.25) is 14.9 Å². The molecule has 0 spiro atoms. The third kappa shape index (κ3) is 3.94. The lowest BCUT2D eigenvalue weighted by Crippen LogP contribution is -2.38. The van der Waals surface area contributed by atoms with Crippen molar-refractivity contribution >= 4 is 23.2 Å². The Labute approximate surface area is 128 Å². The third-order valence-corrected chi connectivity index (χ3v) is 4.40. The van der Waals surface area contributed by atoms with Crippen LogP contribution in [0.5, 0.6) is 0 Å². The quantitative estimate of drug-likeness (QED) is 0.676. The maximum absolute atomic E-state index is 12.2. The fourth-order valence-corrected chi connectivity index (χ4v) is 3.11. The van der Waals surface area contributed by atoms with E-state index in [4.69, 9.17) is 11.6 Å². The van der Waals surface area contributed by atoms with Crippen molar-refractivity contribution in [3.05, 3.63) is 38.9 Å². The molecule has 0 heterocycles. The van der Waals surface area contributed by atoms with Crippen molar-refractivity contribution in [1.82, 2.24) is 5.32 Å². The topological polar surface area (TPSA) is 72.2 Å². The molecular formula is C15H19ClN2O3. The fraction of sp³-hybridized carbons (Fsp3) is 0.533. The van der Waals surface area contributed by atoms with Crippen molar-refractivity contribution in [2.24, 2.45) is 5.92 Å². The SMILES string of the molecule is CCC1CCCC(NC(=O)c2ccc([N+](=O)[O-])c(Cl)c2)C1. The van der Waals surface area contributed by atoms with E-state index < -0.39 is 4.92 Å². The largest absolute Gasteiger partial charge is 0.349 e. The Balaban J connectivity index is 2.03. The highest BCUT2D eigenvalue weighted by Gasteiger charge is 2.23. The maximum Gasteiger partial charge on any atom is 0.287 e. The van der Waals surface area contributed by atoms with Gasteiger partial charge in [0, 0.05) is 17.7 Å². The van der Waals surface area contributed by atoms with Gasteiger partial charge in [-0.1, -0.05) is 37.8 Å². The lowest BCUT2D eigenvalue weighted by molar-refractivity contribution is -0.384. The highest BCUT2D eigenvalue weighted by Crippen LogP contribution is 2.28. The summed E-state index contributed by atoms with van der Waals surface area (Å²) in [6, 6.07) is 4.26. The smallest absolute Gasteiger partial charge is 0.287 e. The predicted octanol–water partition coefficient (Wildman–Crippen LogP) is 3.95. The van der Waals surface area contributed by atoms with Crippen LogP contribution in [0.25, 0.3) is 0 Å². The molecule has 1 aromatic carbocycles. The van der Waals surface area contributed by atoms with E-state index in [1.807, 2.05) is 0 Å². The number of benzene rings is 1. The minimum atomic E-state index is -0.559. The Kier molecular flexibility index (Phi) is 5.17. The minimum Gasteiger partial charge on any atom is -0.349 e. The molecule has 2 rings (SSSR count). The van der Waals surface area contributed by atoms with Gasteiger partial charge in [0.1, 0.15) is 5.02 Å². The van der Waals surface area contributed by atoms with E-state index in [0.29, 0.717) is 11.5 Å². The summed E-state index contributed by atoms with van der Waals surface area (Å²) in [4.78, 5) is 22.4. The molecule has 114 valence electrons. The van der Waals surface area contributed by atoms with Gasteiger partial charge < -0.3 is 5.32 Å². The molecule has 1 aliphatic carbocycles. The van der Waals surface area contributed by atoms with Gasteiger partial charge in [-0.25, -0.2) is 0 Å². The molecule has 1 fully saturated rings. The van der Waals surface area contributed by atoms with Crippen molar-refractivity contribution < 1.29 is 9.72 Å². The van der Waals surface area contributed by atoms with Crippen molar-refractivity contribution in [3.8, 4) is 0 Å². The van der Waals surface area contributed by atoms with Crippen molar-refractivity contribution in [2.45, 2.75) is 45.1 Å². The van der Waals surface area contributed by atoms with Gasteiger partial charge in [-0.05, 0) is 30.9 Å². The van der Waals surface area contributed by atoms with E-state index in [1.165, 1.54) is 24.6 Å². The number of nitro groups is 1. The Morgan fingerprint density at radius 2 is 2.24 bits per heavy atom. The minimum absolute atomic E-state index is 0.0114. The second-order valence-electron chi connectivity index (χ2n) is 5.53. The molecule has 0 saturated heterocycles. The average Bonchev–Trinajstić information content (AvgIpc) is 2.46. The number of nitrogens with one attached hydrogen (secondary N) is 1. The second kappa shape index (κ2) is 6.89. The fourth-order valence-electron chi connectivity index (χ4n) is 2.86. The van der Waals surface area contributed by atoms with Gasteiger partial charge in [0.2, 0.25) is 0 Å². The van der Waals surface area contributed by atoms with Gasteiger partial charge >= 0.3 is 0 Å². The number of rotatable bonds is 4. The number of nitrogens with zero attached hydrogens (tertiary/aromatic N) is 1. The van der Waals surface area contributed by atoms with Crippen molar-refractivity contribution in [3.63, 3.8) is 0 Å². The first-order valence-corrected chi connectivity index (χ1v) is 7.63. The third-order valence-electron chi connectivity index (χ3n) is 4.10. The van der Waals surface area contributed by atoms with Crippen molar-refractivity contribution in [2.75, 3.05) is 0 Å². The second-order valence-corrected chi connectivity index (χ2v) is 5.94. The standard InChI is InChI=1S/C15H19ClN2O3/c1-2-10-4-3-5-12(8-10)17-15(19)11-6-7-14(18(20)21)13(16)9-11/h6-7,9-10,12H,2-5,8H2,1H3,(H,17,19). The maximum atomic E-state index is 12.2. The van der Waals surface area contributed by atoms with E-state index in [-0.39, 0.29) is 22.7 Å². The Morgan fingerprint density at radius 3 is 2.86 bits per heavy atom. The van der Waals surface area contributed by atoms with Gasteiger partial charge in [0.15, 0.2) is 0 Å².